The molecule has 2 unspecified atom stereocenters. The second kappa shape index (κ2) is 10.7. The van der Waals surface area contributed by atoms with Crippen molar-refractivity contribution < 1.29 is 9.59 Å². The quantitative estimate of drug-likeness (QED) is 0.425. The zero-order chi connectivity index (χ0) is 24.3. The fourth-order valence-electron chi connectivity index (χ4n) is 5.22. The number of hydrogen-bond acceptors (Lipinski definition) is 3. The SMILES string of the molecule is CC(C)CC(NC1(Cc2cccc(Cl)c2)C(=O)Nc2cc(Cl)ccc21)C(=O)NC1CCCCC1. The van der Waals surface area contributed by atoms with Gasteiger partial charge in [-0.25, -0.2) is 0 Å². The van der Waals surface area contributed by atoms with Crippen molar-refractivity contribution in [1.29, 1.82) is 0 Å². The molecule has 2 amide bonds. The molecule has 34 heavy (non-hydrogen) atoms. The Morgan fingerprint density at radius 2 is 1.82 bits per heavy atom. The number of carbonyl (C=O) groups excluding carboxylic acids is 2. The van der Waals surface area contributed by atoms with E-state index in [1.165, 1.54) is 6.42 Å². The van der Waals surface area contributed by atoms with E-state index in [2.05, 4.69) is 29.8 Å². The Hall–Kier alpha value is -2.08. The molecule has 1 aliphatic heterocycles. The first-order chi connectivity index (χ1) is 16.3. The van der Waals surface area contributed by atoms with Crippen LogP contribution in [0.2, 0.25) is 10.0 Å². The number of hydrogen-bond donors (Lipinski definition) is 3. The maximum absolute atomic E-state index is 13.6. The summed E-state index contributed by atoms with van der Waals surface area (Å²) in [6.45, 7) is 4.18. The van der Waals surface area contributed by atoms with Crippen molar-refractivity contribution in [3.8, 4) is 0 Å². The number of fused-ring (bicyclic) bond motifs is 1. The normalized spacial score (nSPS) is 21.3. The van der Waals surface area contributed by atoms with Gasteiger partial charge in [-0.3, -0.25) is 14.9 Å². The Morgan fingerprint density at radius 1 is 1.09 bits per heavy atom. The van der Waals surface area contributed by atoms with Gasteiger partial charge in [0.25, 0.3) is 0 Å². The van der Waals surface area contributed by atoms with E-state index in [0.717, 1.165) is 36.8 Å². The van der Waals surface area contributed by atoms with Crippen LogP contribution >= 0.6 is 23.2 Å². The molecule has 1 saturated carbocycles. The monoisotopic (exact) mass is 501 g/mol. The molecule has 0 saturated heterocycles. The van der Waals surface area contributed by atoms with Gasteiger partial charge in [0.05, 0.1) is 6.04 Å². The summed E-state index contributed by atoms with van der Waals surface area (Å²) in [5, 5.41) is 10.9. The van der Waals surface area contributed by atoms with Gasteiger partial charge in [0.2, 0.25) is 11.8 Å². The third-order valence-corrected chi connectivity index (χ3v) is 7.30. The fraction of sp³-hybridized carbons (Fsp3) is 0.481. The molecule has 0 radical (unpaired) electrons. The van der Waals surface area contributed by atoms with Crippen molar-refractivity contribution in [3.05, 3.63) is 63.6 Å². The molecule has 2 aromatic rings. The van der Waals surface area contributed by atoms with E-state index in [-0.39, 0.29) is 23.8 Å². The van der Waals surface area contributed by atoms with Crippen LogP contribution in [0, 0.1) is 5.92 Å². The van der Waals surface area contributed by atoms with Gasteiger partial charge in [-0.05, 0) is 55.0 Å². The summed E-state index contributed by atoms with van der Waals surface area (Å²) in [4.78, 5) is 27.1. The Morgan fingerprint density at radius 3 is 2.53 bits per heavy atom. The lowest BCUT2D eigenvalue weighted by Crippen LogP contribution is -2.59. The Kier molecular flexibility index (Phi) is 7.86. The van der Waals surface area contributed by atoms with Crippen molar-refractivity contribution >= 4 is 40.7 Å². The minimum Gasteiger partial charge on any atom is -0.352 e. The summed E-state index contributed by atoms with van der Waals surface area (Å²) in [5.41, 5.74) is 1.26. The first-order valence-corrected chi connectivity index (χ1v) is 13.0. The molecule has 2 aromatic carbocycles. The second-order valence-corrected chi connectivity index (χ2v) is 10.9. The van der Waals surface area contributed by atoms with Gasteiger partial charge in [-0.2, -0.15) is 0 Å². The number of rotatable bonds is 8. The summed E-state index contributed by atoms with van der Waals surface area (Å²) < 4.78 is 0. The van der Waals surface area contributed by atoms with E-state index in [9.17, 15) is 9.59 Å². The second-order valence-electron chi connectivity index (χ2n) is 10.0. The van der Waals surface area contributed by atoms with Crippen LogP contribution in [0.1, 0.15) is 63.5 Å². The van der Waals surface area contributed by atoms with E-state index in [4.69, 9.17) is 23.2 Å². The van der Waals surface area contributed by atoms with Crippen LogP contribution in [0.5, 0.6) is 0 Å². The van der Waals surface area contributed by atoms with Gasteiger partial charge in [-0.15, -0.1) is 0 Å². The van der Waals surface area contributed by atoms with Gasteiger partial charge >= 0.3 is 0 Å². The minimum atomic E-state index is -1.12. The van der Waals surface area contributed by atoms with Gasteiger partial charge in [0, 0.05) is 33.8 Å². The number of nitrogens with one attached hydrogen (secondary N) is 3. The predicted octanol–water partition coefficient (Wildman–Crippen LogP) is 5.84. The van der Waals surface area contributed by atoms with Crippen molar-refractivity contribution in [3.63, 3.8) is 0 Å². The molecular formula is C27H33Cl2N3O2. The summed E-state index contributed by atoms with van der Waals surface area (Å²) in [5.74, 6) is 0.0391. The van der Waals surface area contributed by atoms with Crippen LogP contribution in [0.15, 0.2) is 42.5 Å². The highest BCUT2D eigenvalue weighted by Crippen LogP contribution is 2.41. The van der Waals surface area contributed by atoms with Gasteiger partial charge < -0.3 is 10.6 Å². The average Bonchev–Trinajstić information content (AvgIpc) is 3.03. The lowest BCUT2D eigenvalue weighted by Gasteiger charge is -2.35. The summed E-state index contributed by atoms with van der Waals surface area (Å²) in [7, 11) is 0. The highest BCUT2D eigenvalue weighted by atomic mass is 35.5. The summed E-state index contributed by atoms with van der Waals surface area (Å²) in [6, 6.07) is 12.6. The summed E-state index contributed by atoms with van der Waals surface area (Å²) >= 11 is 12.5. The van der Waals surface area contributed by atoms with Crippen LogP contribution in [-0.2, 0) is 21.5 Å². The number of halogens is 2. The van der Waals surface area contributed by atoms with Crippen LogP contribution in [0.4, 0.5) is 5.69 Å². The van der Waals surface area contributed by atoms with Crippen LogP contribution in [-0.4, -0.2) is 23.9 Å². The Balaban J connectivity index is 1.70. The molecule has 4 rings (SSSR count). The van der Waals surface area contributed by atoms with Gasteiger partial charge in [0.1, 0.15) is 5.54 Å². The van der Waals surface area contributed by atoms with Crippen molar-refractivity contribution in [2.45, 2.75) is 76.4 Å². The van der Waals surface area contributed by atoms with E-state index in [0.29, 0.717) is 28.6 Å². The smallest absolute Gasteiger partial charge is 0.249 e. The molecule has 2 aliphatic rings. The van der Waals surface area contributed by atoms with Crippen molar-refractivity contribution in [1.82, 2.24) is 10.6 Å². The molecule has 0 bridgehead atoms. The molecule has 7 heteroatoms. The van der Waals surface area contributed by atoms with Crippen molar-refractivity contribution in [2.75, 3.05) is 5.32 Å². The zero-order valence-electron chi connectivity index (χ0n) is 19.8. The van der Waals surface area contributed by atoms with Crippen LogP contribution in [0.25, 0.3) is 0 Å². The maximum Gasteiger partial charge on any atom is 0.249 e. The van der Waals surface area contributed by atoms with Crippen LogP contribution < -0.4 is 16.0 Å². The lowest BCUT2D eigenvalue weighted by molar-refractivity contribution is -0.127. The fourth-order valence-corrected chi connectivity index (χ4v) is 5.60. The highest BCUT2D eigenvalue weighted by Gasteiger charge is 2.49. The first-order valence-electron chi connectivity index (χ1n) is 12.2. The van der Waals surface area contributed by atoms with E-state index < -0.39 is 11.6 Å². The Labute approximate surface area is 212 Å². The molecule has 0 spiro atoms. The summed E-state index contributed by atoms with van der Waals surface area (Å²) in [6.07, 6.45) is 6.50. The molecule has 0 aromatic heterocycles. The molecule has 1 fully saturated rings. The standard InChI is InChI=1S/C27H33Cl2N3O2/c1-17(2)13-24(25(33)30-21-9-4-3-5-10-21)32-27(16-18-7-6-8-19(28)14-18)22-12-11-20(29)15-23(22)31-26(27)34/h6-8,11-12,14-15,17,21,24,32H,3-5,9-10,13,16H2,1-2H3,(H,30,33)(H,31,34). The largest absolute Gasteiger partial charge is 0.352 e. The number of anilines is 1. The average molecular weight is 502 g/mol. The molecular weight excluding hydrogens is 469 g/mol. The molecule has 182 valence electrons. The number of carbonyl (C=O) groups is 2. The maximum atomic E-state index is 13.6. The van der Waals surface area contributed by atoms with E-state index in [1.807, 2.05) is 30.3 Å². The predicted molar refractivity (Wildman–Crippen MR) is 138 cm³/mol. The molecule has 1 heterocycles. The molecule has 5 nitrogen and oxygen atoms in total. The third-order valence-electron chi connectivity index (χ3n) is 6.83. The van der Waals surface area contributed by atoms with E-state index in [1.54, 1.807) is 12.1 Å². The Bertz CT molecular complexity index is 1050. The third kappa shape index (κ3) is 5.59. The van der Waals surface area contributed by atoms with Gasteiger partial charge in [-0.1, -0.05) is 74.5 Å². The molecule has 1 aliphatic carbocycles. The molecule has 2 atom stereocenters. The minimum absolute atomic E-state index is 0.0405. The van der Waals surface area contributed by atoms with E-state index >= 15 is 0 Å². The van der Waals surface area contributed by atoms with Crippen LogP contribution in [0.3, 0.4) is 0 Å². The number of benzene rings is 2. The number of amides is 2. The molecule has 3 N–H and O–H groups in total. The zero-order valence-corrected chi connectivity index (χ0v) is 21.3. The first kappa shape index (κ1) is 25.0. The van der Waals surface area contributed by atoms with Gasteiger partial charge in [0.15, 0.2) is 0 Å². The lowest BCUT2D eigenvalue weighted by atomic mass is 9.83. The van der Waals surface area contributed by atoms with Crippen molar-refractivity contribution in [2.24, 2.45) is 5.92 Å². The highest BCUT2D eigenvalue weighted by molar-refractivity contribution is 6.31. The topological polar surface area (TPSA) is 70.2 Å².